The van der Waals surface area contributed by atoms with Crippen molar-refractivity contribution in [2.45, 2.75) is 3.79 Å². The van der Waals surface area contributed by atoms with E-state index in [1.54, 1.807) is 0 Å². The van der Waals surface area contributed by atoms with E-state index in [0.717, 1.165) is 6.07 Å². The smallest absolute Gasteiger partial charge is 0.412 e. The molecule has 11 heteroatoms. The summed E-state index contributed by atoms with van der Waals surface area (Å²) in [5.41, 5.74) is -1.16. The number of halogens is 5. The van der Waals surface area contributed by atoms with Gasteiger partial charge in [-0.2, -0.15) is 0 Å². The Kier molecular flexibility index (Phi) is 5.64. The summed E-state index contributed by atoms with van der Waals surface area (Å²) in [4.78, 5) is 21.2. The van der Waals surface area contributed by atoms with Gasteiger partial charge in [0.05, 0.1) is 16.0 Å². The topological polar surface area (TPSA) is 81.5 Å². The predicted octanol–water partition coefficient (Wildman–Crippen LogP) is 4.31. The van der Waals surface area contributed by atoms with Gasteiger partial charge in [0.25, 0.3) is 5.69 Å². The zero-order chi connectivity index (χ0) is 15.5. The highest BCUT2D eigenvalue weighted by Gasteiger charge is 2.25. The van der Waals surface area contributed by atoms with Crippen LogP contribution in [0.2, 0.25) is 5.02 Å². The third-order valence-corrected chi connectivity index (χ3v) is 2.45. The summed E-state index contributed by atoms with van der Waals surface area (Å²) in [6, 6.07) is 1.38. The van der Waals surface area contributed by atoms with Crippen LogP contribution in [0, 0.1) is 15.9 Å². The van der Waals surface area contributed by atoms with Gasteiger partial charge >= 0.3 is 6.09 Å². The zero-order valence-corrected chi connectivity index (χ0v) is 12.4. The fraction of sp³-hybridized carbons (Fsp3) is 0.222. The maximum Gasteiger partial charge on any atom is 0.412 e. The van der Waals surface area contributed by atoms with Crippen molar-refractivity contribution in [1.82, 2.24) is 0 Å². The number of hydrogen-bond acceptors (Lipinski definition) is 4. The molecule has 0 bridgehead atoms. The molecule has 0 radical (unpaired) electrons. The number of ether oxygens (including phenoxy) is 1. The van der Waals surface area contributed by atoms with Crippen LogP contribution in [0.1, 0.15) is 0 Å². The van der Waals surface area contributed by atoms with E-state index in [4.69, 9.17) is 46.4 Å². The Balaban J connectivity index is 2.92. The highest BCUT2D eigenvalue weighted by Crippen LogP contribution is 2.33. The second-order valence-electron chi connectivity index (χ2n) is 3.36. The Morgan fingerprint density at radius 2 is 2.05 bits per heavy atom. The van der Waals surface area contributed by atoms with E-state index in [9.17, 15) is 19.3 Å². The van der Waals surface area contributed by atoms with E-state index in [2.05, 4.69) is 4.74 Å². The Bertz CT molecular complexity index is 549. The molecule has 1 rings (SSSR count). The fourth-order valence-electron chi connectivity index (χ4n) is 1.11. The minimum Gasteiger partial charge on any atom is -0.445 e. The number of nitrogens with one attached hydrogen (secondary N) is 1. The van der Waals surface area contributed by atoms with Gasteiger partial charge in [0.1, 0.15) is 18.1 Å². The van der Waals surface area contributed by atoms with E-state index in [0.29, 0.717) is 6.07 Å². The molecule has 0 spiro atoms. The third-order valence-electron chi connectivity index (χ3n) is 1.82. The van der Waals surface area contributed by atoms with E-state index < -0.39 is 38.6 Å². The van der Waals surface area contributed by atoms with Gasteiger partial charge in [0, 0.05) is 0 Å². The number of nitrogens with zero attached hydrogens (tertiary/aromatic N) is 1. The van der Waals surface area contributed by atoms with Crippen LogP contribution in [0.3, 0.4) is 0 Å². The molecule has 0 saturated carbocycles. The average Bonchev–Trinajstić information content (AvgIpc) is 2.28. The zero-order valence-electron chi connectivity index (χ0n) is 9.33. The molecule has 110 valence electrons. The molecule has 20 heavy (non-hydrogen) atoms. The summed E-state index contributed by atoms with van der Waals surface area (Å²) < 4.78 is 15.7. The number of carbonyl (C=O) groups is 1. The minimum atomic E-state index is -1.84. The van der Waals surface area contributed by atoms with Crippen molar-refractivity contribution in [3.8, 4) is 0 Å². The van der Waals surface area contributed by atoms with Crippen molar-refractivity contribution in [1.29, 1.82) is 0 Å². The summed E-state index contributed by atoms with van der Waals surface area (Å²) in [6.07, 6.45) is -1.15. The van der Waals surface area contributed by atoms with E-state index >= 15 is 0 Å². The molecule has 0 aliphatic rings. The first-order chi connectivity index (χ1) is 9.10. The van der Waals surface area contributed by atoms with Gasteiger partial charge in [-0.3, -0.25) is 15.4 Å². The van der Waals surface area contributed by atoms with Gasteiger partial charge in [-0.25, -0.2) is 9.18 Å². The second kappa shape index (κ2) is 6.62. The van der Waals surface area contributed by atoms with Crippen LogP contribution >= 0.6 is 46.4 Å². The molecule has 0 saturated heterocycles. The van der Waals surface area contributed by atoms with Crippen molar-refractivity contribution in [3.63, 3.8) is 0 Å². The van der Waals surface area contributed by atoms with Crippen molar-refractivity contribution >= 4 is 63.9 Å². The maximum atomic E-state index is 13.0. The lowest BCUT2D eigenvalue weighted by Crippen LogP contribution is -2.21. The molecular weight excluding hydrogens is 361 g/mol. The summed E-state index contributed by atoms with van der Waals surface area (Å²) in [7, 11) is 0. The molecule has 0 unspecified atom stereocenters. The molecule has 0 aliphatic carbocycles. The number of amides is 1. The molecule has 0 aromatic heterocycles. The van der Waals surface area contributed by atoms with Crippen molar-refractivity contribution in [3.05, 3.63) is 33.1 Å². The summed E-state index contributed by atoms with van der Waals surface area (Å²) in [5, 5.41) is 12.4. The fourth-order valence-corrected chi connectivity index (χ4v) is 1.53. The average molecular weight is 366 g/mol. The number of carbonyl (C=O) groups excluding carboxylic acids is 1. The summed E-state index contributed by atoms with van der Waals surface area (Å²) >= 11 is 21.7. The second-order valence-corrected chi connectivity index (χ2v) is 6.28. The largest absolute Gasteiger partial charge is 0.445 e. The minimum absolute atomic E-state index is 0.373. The summed E-state index contributed by atoms with van der Waals surface area (Å²) in [6.45, 7) is -0.587. The van der Waals surface area contributed by atoms with Crippen molar-refractivity contribution in [2.75, 3.05) is 11.9 Å². The van der Waals surface area contributed by atoms with Crippen LogP contribution in [0.15, 0.2) is 12.1 Å². The van der Waals surface area contributed by atoms with Crippen molar-refractivity contribution in [2.24, 2.45) is 0 Å². The lowest BCUT2D eigenvalue weighted by atomic mass is 10.2. The number of anilines is 1. The number of hydrogen-bond donors (Lipinski definition) is 1. The number of alkyl halides is 3. The highest BCUT2D eigenvalue weighted by atomic mass is 35.6. The Labute approximate surface area is 131 Å². The van der Waals surface area contributed by atoms with Gasteiger partial charge in [0.2, 0.25) is 3.79 Å². The van der Waals surface area contributed by atoms with E-state index in [1.165, 1.54) is 0 Å². The van der Waals surface area contributed by atoms with Gasteiger partial charge in [-0.05, 0) is 6.07 Å². The molecule has 0 atom stereocenters. The van der Waals surface area contributed by atoms with Crippen LogP contribution in [0.4, 0.5) is 20.6 Å². The summed E-state index contributed by atoms with van der Waals surface area (Å²) in [5.74, 6) is -0.929. The molecule has 0 fully saturated rings. The lowest BCUT2D eigenvalue weighted by Gasteiger charge is -2.12. The van der Waals surface area contributed by atoms with Crippen LogP contribution in [0.5, 0.6) is 0 Å². The van der Waals surface area contributed by atoms with E-state index in [-0.39, 0.29) is 5.02 Å². The van der Waals surface area contributed by atoms with Crippen LogP contribution in [-0.4, -0.2) is 21.4 Å². The quantitative estimate of drug-likeness (QED) is 0.491. The van der Waals surface area contributed by atoms with Crippen LogP contribution in [0.25, 0.3) is 0 Å². The Hall–Kier alpha value is -1.02. The number of nitro benzene ring substituents is 1. The van der Waals surface area contributed by atoms with Crippen molar-refractivity contribution < 1.29 is 18.8 Å². The molecule has 0 heterocycles. The van der Waals surface area contributed by atoms with E-state index in [1.807, 2.05) is 5.32 Å². The molecule has 1 N–H and O–H groups in total. The number of benzene rings is 1. The lowest BCUT2D eigenvalue weighted by molar-refractivity contribution is -0.384. The Morgan fingerprint density at radius 3 is 2.55 bits per heavy atom. The predicted molar refractivity (Wildman–Crippen MR) is 73.3 cm³/mol. The maximum absolute atomic E-state index is 13.0. The highest BCUT2D eigenvalue weighted by molar-refractivity contribution is 6.67. The number of nitro groups is 1. The van der Waals surface area contributed by atoms with Crippen LogP contribution in [-0.2, 0) is 4.74 Å². The van der Waals surface area contributed by atoms with Gasteiger partial charge in [-0.15, -0.1) is 0 Å². The molecule has 0 aliphatic heterocycles. The van der Waals surface area contributed by atoms with Gasteiger partial charge in [-0.1, -0.05) is 46.4 Å². The molecular formula is C9H5Cl4FN2O4. The Morgan fingerprint density at radius 1 is 1.45 bits per heavy atom. The molecule has 6 nitrogen and oxygen atoms in total. The van der Waals surface area contributed by atoms with Crippen LogP contribution < -0.4 is 5.32 Å². The first kappa shape index (κ1) is 17.0. The first-order valence-electron chi connectivity index (χ1n) is 4.74. The van der Waals surface area contributed by atoms with Gasteiger partial charge < -0.3 is 4.74 Å². The molecule has 1 amide bonds. The van der Waals surface area contributed by atoms with Gasteiger partial charge in [0.15, 0.2) is 0 Å². The molecule has 1 aromatic carbocycles. The third kappa shape index (κ3) is 5.16. The normalized spacial score (nSPS) is 11.1. The monoisotopic (exact) mass is 364 g/mol. The molecule has 1 aromatic rings. The first-order valence-corrected chi connectivity index (χ1v) is 6.25. The standard InChI is InChI=1S/C9H5Cl4FN2O4/c10-5-1-4(14)2-6(16(18)19)7(5)15-8(17)20-3-9(11,12)13/h1-2H,3H2,(H,15,17). The SMILES string of the molecule is O=C(Nc1c(Cl)cc(F)cc1[N+](=O)[O-])OCC(Cl)(Cl)Cl. The number of rotatable bonds is 3.